The van der Waals surface area contributed by atoms with E-state index in [4.69, 9.17) is 4.74 Å². The van der Waals surface area contributed by atoms with Crippen molar-refractivity contribution < 1.29 is 9.53 Å². The molecule has 6 heteroatoms. The van der Waals surface area contributed by atoms with E-state index in [9.17, 15) is 4.79 Å². The lowest BCUT2D eigenvalue weighted by Crippen LogP contribution is -2.58. The summed E-state index contributed by atoms with van der Waals surface area (Å²) in [4.78, 5) is 19.7. The van der Waals surface area contributed by atoms with Gasteiger partial charge in [0, 0.05) is 19.1 Å². The Balaban J connectivity index is 0.00000135. The number of anilines is 1. The smallest absolute Gasteiger partial charge is 0.325 e. The number of ether oxygens (including phenoxy) is 1. The Morgan fingerprint density at radius 1 is 1.09 bits per heavy atom. The lowest BCUT2D eigenvalue weighted by atomic mass is 9.83. The molecule has 0 saturated carbocycles. The van der Waals surface area contributed by atoms with E-state index in [-0.39, 0.29) is 24.5 Å². The number of amides is 2. The van der Waals surface area contributed by atoms with Gasteiger partial charge in [0.15, 0.2) is 0 Å². The maximum absolute atomic E-state index is 13.1. The second-order valence-corrected chi connectivity index (χ2v) is 6.94. The van der Waals surface area contributed by atoms with E-state index in [1.54, 1.807) is 0 Å². The largest absolute Gasteiger partial charge is 0.489 e. The van der Waals surface area contributed by atoms with E-state index in [1.807, 2.05) is 29.2 Å². The molecule has 2 unspecified atom stereocenters. The van der Waals surface area contributed by atoms with Crippen LogP contribution in [0.1, 0.15) is 12.8 Å². The number of hydrogen-bond acceptors (Lipinski definition) is 3. The van der Waals surface area contributed by atoms with Gasteiger partial charge in [-0.1, -0.05) is 12.1 Å². The van der Waals surface area contributed by atoms with Crippen LogP contribution in [-0.2, 0) is 0 Å². The van der Waals surface area contributed by atoms with Crippen molar-refractivity contribution >= 4 is 24.1 Å². The molecule has 5 heterocycles. The Morgan fingerprint density at radius 2 is 1.87 bits per heavy atom. The van der Waals surface area contributed by atoms with Crippen molar-refractivity contribution in [2.75, 3.05) is 37.7 Å². The minimum absolute atomic E-state index is 0. The van der Waals surface area contributed by atoms with Crippen LogP contribution in [0.2, 0.25) is 0 Å². The average Bonchev–Trinajstić information content (AvgIpc) is 2.93. The summed E-state index contributed by atoms with van der Waals surface area (Å²) in [6.07, 6.45) is 2.48. The Morgan fingerprint density at radius 3 is 2.61 bits per heavy atom. The third kappa shape index (κ3) is 2.21. The van der Waals surface area contributed by atoms with Crippen LogP contribution in [0.3, 0.4) is 0 Å². The number of urea groups is 1. The van der Waals surface area contributed by atoms with Gasteiger partial charge in [-0.15, -0.1) is 12.4 Å². The van der Waals surface area contributed by atoms with Crippen molar-refractivity contribution in [3.63, 3.8) is 0 Å². The van der Waals surface area contributed by atoms with E-state index in [1.165, 1.54) is 25.9 Å². The maximum Gasteiger partial charge on any atom is 0.325 e. The molecule has 5 nitrogen and oxygen atoms in total. The highest BCUT2D eigenvalue weighted by Crippen LogP contribution is 2.40. The molecule has 4 saturated heterocycles. The number of benzene rings is 1. The number of fused-ring (bicyclic) bond motifs is 6. The highest BCUT2D eigenvalue weighted by atomic mass is 35.5. The van der Waals surface area contributed by atoms with Crippen molar-refractivity contribution in [1.82, 2.24) is 9.80 Å². The molecule has 5 aliphatic heterocycles. The molecular formula is C17H22ClN3O2. The van der Waals surface area contributed by atoms with Crippen molar-refractivity contribution in [3.8, 4) is 5.75 Å². The Kier molecular flexibility index (Phi) is 3.65. The summed E-state index contributed by atoms with van der Waals surface area (Å²) in [6.45, 7) is 4.90. The fourth-order valence-electron chi connectivity index (χ4n) is 4.64. The van der Waals surface area contributed by atoms with Crippen LogP contribution in [-0.4, -0.2) is 60.7 Å². The van der Waals surface area contributed by atoms with Crippen LogP contribution >= 0.6 is 12.4 Å². The van der Waals surface area contributed by atoms with Crippen LogP contribution in [0, 0.1) is 5.92 Å². The first-order valence-electron chi connectivity index (χ1n) is 8.35. The molecule has 0 N–H and O–H groups in total. The predicted molar refractivity (Wildman–Crippen MR) is 90.5 cm³/mol. The van der Waals surface area contributed by atoms with Gasteiger partial charge in [-0.25, -0.2) is 4.79 Å². The monoisotopic (exact) mass is 335 g/mol. The molecule has 4 fully saturated rings. The normalized spacial score (nSPS) is 34.5. The minimum atomic E-state index is 0. The molecule has 0 aromatic heterocycles. The van der Waals surface area contributed by atoms with Gasteiger partial charge in [-0.05, 0) is 44.0 Å². The van der Waals surface area contributed by atoms with E-state index in [0.29, 0.717) is 18.6 Å². The number of rotatable bonds is 1. The van der Waals surface area contributed by atoms with E-state index >= 15 is 0 Å². The molecule has 23 heavy (non-hydrogen) atoms. The summed E-state index contributed by atoms with van der Waals surface area (Å²) >= 11 is 0. The molecule has 0 spiro atoms. The maximum atomic E-state index is 13.1. The first-order valence-corrected chi connectivity index (χ1v) is 8.35. The quantitative estimate of drug-likeness (QED) is 0.789. The van der Waals surface area contributed by atoms with Gasteiger partial charge in [0.25, 0.3) is 0 Å². The second kappa shape index (κ2) is 5.56. The molecule has 1 aromatic rings. The Bertz CT molecular complexity index is 618. The van der Waals surface area contributed by atoms with Gasteiger partial charge in [0.1, 0.15) is 12.4 Å². The zero-order valence-electron chi connectivity index (χ0n) is 13.1. The molecule has 5 aliphatic rings. The number of carbonyl (C=O) groups is 1. The minimum Gasteiger partial charge on any atom is -0.489 e. The number of para-hydroxylation sites is 2. The van der Waals surface area contributed by atoms with Gasteiger partial charge >= 0.3 is 6.03 Å². The lowest BCUT2D eigenvalue weighted by molar-refractivity contribution is 0.0282. The summed E-state index contributed by atoms with van der Waals surface area (Å²) in [6, 6.07) is 8.64. The first-order chi connectivity index (χ1) is 10.8. The zero-order valence-corrected chi connectivity index (χ0v) is 13.9. The van der Waals surface area contributed by atoms with Crippen molar-refractivity contribution in [1.29, 1.82) is 0 Å². The molecule has 0 radical (unpaired) electrons. The number of carbonyl (C=O) groups excluding carboxylic acids is 1. The fraction of sp³-hybridized carbons (Fsp3) is 0.588. The van der Waals surface area contributed by atoms with Crippen LogP contribution < -0.4 is 9.64 Å². The van der Waals surface area contributed by atoms with Gasteiger partial charge in [-0.2, -0.15) is 0 Å². The topological polar surface area (TPSA) is 36.0 Å². The SMILES string of the molecule is Cl.O=C1N(C2CN3CCC2CC3)CC2COc3ccccc3N12. The summed E-state index contributed by atoms with van der Waals surface area (Å²) in [5.74, 6) is 1.52. The van der Waals surface area contributed by atoms with Crippen LogP contribution in [0.25, 0.3) is 0 Å². The molecule has 1 aromatic carbocycles. The predicted octanol–water partition coefficient (Wildman–Crippen LogP) is 2.21. The van der Waals surface area contributed by atoms with Crippen molar-refractivity contribution in [2.45, 2.75) is 24.9 Å². The van der Waals surface area contributed by atoms with Crippen molar-refractivity contribution in [3.05, 3.63) is 24.3 Å². The summed E-state index contributed by atoms with van der Waals surface area (Å²) in [7, 11) is 0. The Labute approximate surface area is 142 Å². The standard InChI is InChI=1S/C17H21N3O2.ClH/c21-17-19(15-10-18-7-5-12(15)6-8-18)9-13-11-22-16-4-2-1-3-14(16)20(13)17;/h1-4,12-13,15H,5-11H2;1H. The van der Waals surface area contributed by atoms with Crippen LogP contribution in [0.5, 0.6) is 5.75 Å². The second-order valence-electron chi connectivity index (χ2n) is 6.94. The molecule has 2 amide bonds. The Hall–Kier alpha value is -1.46. The first kappa shape index (κ1) is 15.1. The van der Waals surface area contributed by atoms with Gasteiger partial charge in [0.05, 0.1) is 11.7 Å². The van der Waals surface area contributed by atoms with Gasteiger partial charge in [-0.3, -0.25) is 4.90 Å². The van der Waals surface area contributed by atoms with Gasteiger partial charge < -0.3 is 14.5 Å². The fourth-order valence-corrected chi connectivity index (χ4v) is 4.64. The summed E-state index contributed by atoms with van der Waals surface area (Å²) in [5, 5.41) is 0. The van der Waals surface area contributed by atoms with Gasteiger partial charge in [0.2, 0.25) is 0 Å². The third-order valence-corrected chi connectivity index (χ3v) is 5.80. The van der Waals surface area contributed by atoms with Crippen LogP contribution in [0.15, 0.2) is 24.3 Å². The lowest BCUT2D eigenvalue weighted by Gasteiger charge is -2.47. The molecule has 0 aliphatic carbocycles. The summed E-state index contributed by atoms with van der Waals surface area (Å²) < 4.78 is 5.85. The molecule has 2 bridgehead atoms. The number of piperidine rings is 3. The molecule has 6 rings (SSSR count). The molecular weight excluding hydrogens is 314 g/mol. The number of halogens is 1. The van der Waals surface area contributed by atoms with E-state index in [0.717, 1.165) is 24.5 Å². The number of hydrogen-bond donors (Lipinski definition) is 0. The third-order valence-electron chi connectivity index (χ3n) is 5.80. The highest BCUT2D eigenvalue weighted by molar-refractivity contribution is 5.97. The van der Waals surface area contributed by atoms with Crippen molar-refractivity contribution in [2.24, 2.45) is 5.92 Å². The zero-order chi connectivity index (χ0) is 14.7. The van der Waals surface area contributed by atoms with Crippen LogP contribution in [0.4, 0.5) is 10.5 Å². The van der Waals surface area contributed by atoms with E-state index in [2.05, 4.69) is 9.80 Å². The summed E-state index contributed by atoms with van der Waals surface area (Å²) in [5.41, 5.74) is 0.938. The number of nitrogens with zero attached hydrogens (tertiary/aromatic N) is 3. The molecule has 124 valence electrons. The average molecular weight is 336 g/mol. The molecule has 2 atom stereocenters. The highest BCUT2D eigenvalue weighted by Gasteiger charge is 2.48. The van der Waals surface area contributed by atoms with E-state index < -0.39 is 0 Å².